The summed E-state index contributed by atoms with van der Waals surface area (Å²) < 4.78 is 0. The molecule has 3 heteroatoms. The average molecular weight is 185 g/mol. The van der Waals surface area contributed by atoms with Gasteiger partial charge >= 0.3 is 0 Å². The highest BCUT2D eigenvalue weighted by atomic mass is 32.2. The third-order valence-electron chi connectivity index (χ3n) is 2.96. The third kappa shape index (κ3) is 1.35. The van der Waals surface area contributed by atoms with Crippen LogP contribution in [0.25, 0.3) is 0 Å². The molecule has 0 aromatic carbocycles. The van der Waals surface area contributed by atoms with Gasteiger partial charge in [-0.05, 0) is 12.8 Å². The fourth-order valence-electron chi connectivity index (χ4n) is 2.18. The highest BCUT2D eigenvalue weighted by Crippen LogP contribution is 2.38. The zero-order chi connectivity index (χ0) is 8.55. The van der Waals surface area contributed by atoms with E-state index in [-0.39, 0.29) is 5.24 Å². The maximum atomic E-state index is 11.3. The summed E-state index contributed by atoms with van der Waals surface area (Å²) in [7, 11) is 1.95. The first-order valence-electron chi connectivity index (χ1n) is 4.72. The van der Waals surface area contributed by atoms with E-state index in [9.17, 15) is 4.79 Å². The first-order valence-corrected chi connectivity index (χ1v) is 5.60. The molecular weight excluding hydrogens is 170 g/mol. The number of thioether (sulfide) groups is 1. The van der Waals surface area contributed by atoms with Crippen molar-refractivity contribution in [2.24, 2.45) is 0 Å². The summed E-state index contributed by atoms with van der Waals surface area (Å²) >= 11 is 1.56. The lowest BCUT2D eigenvalue weighted by Gasteiger charge is -2.20. The molecule has 1 amide bonds. The molecule has 2 fully saturated rings. The molecule has 1 heterocycles. The van der Waals surface area contributed by atoms with Gasteiger partial charge in [0.25, 0.3) is 5.24 Å². The van der Waals surface area contributed by atoms with Crippen LogP contribution in [0, 0.1) is 0 Å². The molecule has 0 aromatic rings. The van der Waals surface area contributed by atoms with Crippen molar-refractivity contribution in [1.82, 2.24) is 4.90 Å². The summed E-state index contributed by atoms with van der Waals surface area (Å²) in [6.07, 6.45) is 6.44. The zero-order valence-corrected chi connectivity index (χ0v) is 8.27. The molecule has 0 bridgehead atoms. The quantitative estimate of drug-likeness (QED) is 0.578. The summed E-state index contributed by atoms with van der Waals surface area (Å²) in [5, 5.41) is 0.886. The Kier molecular flexibility index (Phi) is 2.31. The number of rotatable bonds is 0. The lowest BCUT2D eigenvalue weighted by molar-refractivity contribution is 0.218. The lowest BCUT2D eigenvalue weighted by atomic mass is 10.1. The van der Waals surface area contributed by atoms with Gasteiger partial charge in [-0.25, -0.2) is 0 Å². The fourth-order valence-corrected chi connectivity index (χ4v) is 3.50. The molecule has 1 aliphatic heterocycles. The van der Waals surface area contributed by atoms with Crippen LogP contribution < -0.4 is 0 Å². The molecule has 12 heavy (non-hydrogen) atoms. The molecule has 0 aromatic heterocycles. The topological polar surface area (TPSA) is 20.3 Å². The summed E-state index contributed by atoms with van der Waals surface area (Å²) in [5.41, 5.74) is 0. The number of carbonyl (C=O) groups is 1. The molecule has 1 saturated carbocycles. The van der Waals surface area contributed by atoms with Gasteiger partial charge in [0.2, 0.25) is 0 Å². The predicted octanol–water partition coefficient (Wildman–Crippen LogP) is 2.49. The van der Waals surface area contributed by atoms with Crippen molar-refractivity contribution in [3.8, 4) is 0 Å². The van der Waals surface area contributed by atoms with Gasteiger partial charge in [0.1, 0.15) is 0 Å². The Balaban J connectivity index is 2.09. The second kappa shape index (κ2) is 3.29. The van der Waals surface area contributed by atoms with Crippen LogP contribution in [-0.2, 0) is 0 Å². The summed E-state index contributed by atoms with van der Waals surface area (Å²) in [6, 6.07) is 0.546. The Bertz CT molecular complexity index is 195. The molecule has 2 atom stereocenters. The van der Waals surface area contributed by atoms with Crippen LogP contribution in [0.3, 0.4) is 0 Å². The van der Waals surface area contributed by atoms with E-state index < -0.39 is 0 Å². The van der Waals surface area contributed by atoms with Gasteiger partial charge in [-0.1, -0.05) is 31.0 Å². The van der Waals surface area contributed by atoms with Gasteiger partial charge in [0, 0.05) is 18.3 Å². The second-order valence-corrected chi connectivity index (χ2v) is 4.93. The molecule has 2 rings (SSSR count). The minimum Gasteiger partial charge on any atom is -0.333 e. The monoisotopic (exact) mass is 185 g/mol. The van der Waals surface area contributed by atoms with Crippen molar-refractivity contribution in [3.05, 3.63) is 0 Å². The van der Waals surface area contributed by atoms with E-state index in [1.165, 1.54) is 32.1 Å². The van der Waals surface area contributed by atoms with Crippen LogP contribution in [0.1, 0.15) is 32.1 Å². The molecule has 1 saturated heterocycles. The van der Waals surface area contributed by atoms with Crippen LogP contribution >= 0.6 is 11.8 Å². The first kappa shape index (κ1) is 8.42. The summed E-state index contributed by atoms with van der Waals surface area (Å²) in [5.74, 6) is 0. The smallest absolute Gasteiger partial charge is 0.282 e. The van der Waals surface area contributed by atoms with E-state index in [4.69, 9.17) is 0 Å². The van der Waals surface area contributed by atoms with Gasteiger partial charge in [-0.2, -0.15) is 0 Å². The van der Waals surface area contributed by atoms with Crippen molar-refractivity contribution < 1.29 is 4.79 Å². The van der Waals surface area contributed by atoms with E-state index in [2.05, 4.69) is 0 Å². The molecule has 0 radical (unpaired) electrons. The number of hydrogen-bond acceptors (Lipinski definition) is 2. The average Bonchev–Trinajstić information content (AvgIpc) is 2.30. The van der Waals surface area contributed by atoms with Gasteiger partial charge in [-0.15, -0.1) is 0 Å². The second-order valence-electron chi connectivity index (χ2n) is 3.74. The largest absolute Gasteiger partial charge is 0.333 e. The van der Waals surface area contributed by atoms with Gasteiger partial charge in [0.05, 0.1) is 0 Å². The molecule has 2 nitrogen and oxygen atoms in total. The molecule has 2 unspecified atom stereocenters. The lowest BCUT2D eigenvalue weighted by Crippen LogP contribution is -2.32. The Hall–Kier alpha value is -0.180. The number of amides is 1. The number of hydrogen-bond donors (Lipinski definition) is 0. The van der Waals surface area contributed by atoms with E-state index in [0.29, 0.717) is 11.3 Å². The fraction of sp³-hybridized carbons (Fsp3) is 0.889. The molecule has 0 N–H and O–H groups in total. The Morgan fingerprint density at radius 3 is 2.92 bits per heavy atom. The van der Waals surface area contributed by atoms with Crippen LogP contribution in [0.4, 0.5) is 4.79 Å². The zero-order valence-electron chi connectivity index (χ0n) is 7.45. The maximum Gasteiger partial charge on any atom is 0.282 e. The number of carbonyl (C=O) groups excluding carboxylic acids is 1. The van der Waals surface area contributed by atoms with Crippen molar-refractivity contribution in [1.29, 1.82) is 0 Å². The van der Waals surface area contributed by atoms with Crippen LogP contribution in [-0.4, -0.2) is 28.5 Å². The molecule has 68 valence electrons. The Labute approximate surface area is 77.7 Å². The Morgan fingerprint density at radius 2 is 2.08 bits per heavy atom. The molecule has 2 aliphatic rings. The van der Waals surface area contributed by atoms with E-state index in [1.54, 1.807) is 11.8 Å². The van der Waals surface area contributed by atoms with Crippen molar-refractivity contribution in [2.75, 3.05) is 7.05 Å². The minimum absolute atomic E-state index is 0.284. The van der Waals surface area contributed by atoms with Crippen LogP contribution in [0.15, 0.2) is 0 Å². The van der Waals surface area contributed by atoms with Crippen molar-refractivity contribution in [3.63, 3.8) is 0 Å². The standard InChI is InChI=1S/C9H15NOS/c1-10-7-5-3-2-4-6-8(7)12-9(10)11/h7-8H,2-6H2,1H3. The van der Waals surface area contributed by atoms with E-state index in [0.717, 1.165) is 0 Å². The highest BCUT2D eigenvalue weighted by molar-refractivity contribution is 8.14. The number of fused-ring (bicyclic) bond motifs is 1. The summed E-state index contributed by atoms with van der Waals surface area (Å²) in [6.45, 7) is 0. The predicted molar refractivity (Wildman–Crippen MR) is 51.4 cm³/mol. The van der Waals surface area contributed by atoms with Gasteiger partial charge < -0.3 is 4.90 Å². The van der Waals surface area contributed by atoms with Gasteiger partial charge in [0.15, 0.2) is 0 Å². The first-order chi connectivity index (χ1) is 5.79. The number of nitrogens with zero attached hydrogens (tertiary/aromatic N) is 1. The van der Waals surface area contributed by atoms with E-state index >= 15 is 0 Å². The molecular formula is C9H15NOS. The Morgan fingerprint density at radius 1 is 1.33 bits per heavy atom. The minimum atomic E-state index is 0.284. The van der Waals surface area contributed by atoms with Crippen LogP contribution in [0.5, 0.6) is 0 Å². The third-order valence-corrected chi connectivity index (χ3v) is 4.30. The van der Waals surface area contributed by atoms with E-state index in [1.807, 2.05) is 11.9 Å². The molecule has 1 aliphatic carbocycles. The normalized spacial score (nSPS) is 36.4. The van der Waals surface area contributed by atoms with Crippen molar-refractivity contribution in [2.45, 2.75) is 43.4 Å². The molecule has 0 spiro atoms. The maximum absolute atomic E-state index is 11.3. The highest BCUT2D eigenvalue weighted by Gasteiger charge is 2.38. The van der Waals surface area contributed by atoms with Crippen molar-refractivity contribution >= 4 is 17.0 Å². The summed E-state index contributed by atoms with van der Waals surface area (Å²) in [4.78, 5) is 13.3. The van der Waals surface area contributed by atoms with Crippen LogP contribution in [0.2, 0.25) is 0 Å². The van der Waals surface area contributed by atoms with Gasteiger partial charge in [-0.3, -0.25) is 4.79 Å². The SMILES string of the molecule is CN1C(=O)SC2CCCCCC21.